The molecule has 2 N–H and O–H groups in total. The van der Waals surface area contributed by atoms with Crippen molar-refractivity contribution in [3.8, 4) is 0 Å². The molecule has 0 unspecified atom stereocenters. The van der Waals surface area contributed by atoms with Crippen molar-refractivity contribution in [1.29, 1.82) is 0 Å². The summed E-state index contributed by atoms with van der Waals surface area (Å²) < 4.78 is 0. The monoisotopic (exact) mass is 221 g/mol. The maximum absolute atomic E-state index is 10.8. The SMILES string of the molecule is O=C[C@@H](Cc1ccccc1)NC(=O)C(=O)O. The van der Waals surface area contributed by atoms with Crippen LogP contribution in [-0.2, 0) is 20.8 Å². The number of amides is 1. The number of nitrogens with one attached hydrogen (secondary N) is 1. The lowest BCUT2D eigenvalue weighted by Gasteiger charge is -2.10. The van der Waals surface area contributed by atoms with Crippen molar-refractivity contribution in [2.45, 2.75) is 12.5 Å². The molecular weight excluding hydrogens is 210 g/mol. The second-order valence-electron chi connectivity index (χ2n) is 3.21. The highest BCUT2D eigenvalue weighted by atomic mass is 16.4. The van der Waals surface area contributed by atoms with E-state index in [-0.39, 0.29) is 6.42 Å². The third kappa shape index (κ3) is 3.53. The number of hydrogen-bond donors (Lipinski definition) is 2. The summed E-state index contributed by atoms with van der Waals surface area (Å²) in [5.41, 5.74) is 0.852. The van der Waals surface area contributed by atoms with E-state index in [1.807, 2.05) is 6.07 Å². The van der Waals surface area contributed by atoms with Crippen LogP contribution in [0.5, 0.6) is 0 Å². The largest absolute Gasteiger partial charge is 0.474 e. The fourth-order valence-corrected chi connectivity index (χ4v) is 1.23. The van der Waals surface area contributed by atoms with E-state index in [1.54, 1.807) is 24.3 Å². The number of benzene rings is 1. The second kappa shape index (κ2) is 5.65. The standard InChI is InChI=1S/C11H11NO4/c13-7-9(12-10(14)11(15)16)6-8-4-2-1-3-5-8/h1-5,7,9H,6H2,(H,12,14)(H,15,16)/t9-/m1/s1. The summed E-state index contributed by atoms with van der Waals surface area (Å²) in [6.45, 7) is 0. The van der Waals surface area contributed by atoms with Crippen LogP contribution in [-0.4, -0.2) is 29.3 Å². The van der Waals surface area contributed by atoms with Gasteiger partial charge in [-0.3, -0.25) is 4.79 Å². The highest BCUT2D eigenvalue weighted by molar-refractivity contribution is 6.31. The number of aldehydes is 1. The van der Waals surface area contributed by atoms with E-state index < -0.39 is 17.9 Å². The second-order valence-corrected chi connectivity index (χ2v) is 3.21. The molecule has 0 spiro atoms. The molecule has 0 aliphatic heterocycles. The van der Waals surface area contributed by atoms with Crippen molar-refractivity contribution in [1.82, 2.24) is 5.32 Å². The number of aliphatic carboxylic acids is 1. The molecule has 0 aromatic heterocycles. The lowest BCUT2D eigenvalue weighted by molar-refractivity contribution is -0.150. The number of carboxylic acids is 1. The zero-order valence-electron chi connectivity index (χ0n) is 8.42. The molecule has 1 rings (SSSR count). The van der Waals surface area contributed by atoms with E-state index in [2.05, 4.69) is 5.32 Å². The Morgan fingerprint density at radius 2 is 1.94 bits per heavy atom. The van der Waals surface area contributed by atoms with Crippen LogP contribution in [0.3, 0.4) is 0 Å². The number of hydrogen-bond acceptors (Lipinski definition) is 3. The molecule has 0 heterocycles. The van der Waals surface area contributed by atoms with E-state index in [9.17, 15) is 14.4 Å². The fourth-order valence-electron chi connectivity index (χ4n) is 1.23. The Morgan fingerprint density at radius 1 is 1.31 bits per heavy atom. The fraction of sp³-hybridized carbons (Fsp3) is 0.182. The molecule has 0 aliphatic carbocycles. The predicted octanol–water partition coefficient (Wildman–Crippen LogP) is -0.00260. The summed E-state index contributed by atoms with van der Waals surface area (Å²) >= 11 is 0. The van der Waals surface area contributed by atoms with Gasteiger partial charge >= 0.3 is 11.9 Å². The zero-order chi connectivity index (χ0) is 12.0. The third-order valence-corrected chi connectivity index (χ3v) is 1.97. The number of carbonyl (C=O) groups excluding carboxylic acids is 2. The van der Waals surface area contributed by atoms with Gasteiger partial charge in [-0.1, -0.05) is 30.3 Å². The molecule has 1 aromatic carbocycles. The number of rotatable bonds is 4. The molecule has 84 valence electrons. The summed E-state index contributed by atoms with van der Waals surface area (Å²) in [7, 11) is 0. The van der Waals surface area contributed by atoms with E-state index in [0.717, 1.165) is 5.56 Å². The maximum atomic E-state index is 10.8. The molecule has 16 heavy (non-hydrogen) atoms. The lowest BCUT2D eigenvalue weighted by atomic mass is 10.1. The van der Waals surface area contributed by atoms with Crippen molar-refractivity contribution in [3.63, 3.8) is 0 Å². The molecule has 0 radical (unpaired) electrons. The molecule has 1 aromatic rings. The van der Waals surface area contributed by atoms with Gasteiger partial charge in [0.15, 0.2) is 0 Å². The molecule has 0 aliphatic rings. The van der Waals surface area contributed by atoms with Gasteiger partial charge in [-0.2, -0.15) is 0 Å². The van der Waals surface area contributed by atoms with E-state index >= 15 is 0 Å². The van der Waals surface area contributed by atoms with Crippen LogP contribution in [0.1, 0.15) is 5.56 Å². The highest BCUT2D eigenvalue weighted by Crippen LogP contribution is 2.01. The number of carbonyl (C=O) groups is 3. The first-order valence-electron chi connectivity index (χ1n) is 4.66. The minimum atomic E-state index is -1.60. The molecule has 5 nitrogen and oxygen atoms in total. The van der Waals surface area contributed by atoms with Gasteiger partial charge in [0.2, 0.25) is 0 Å². The van der Waals surface area contributed by atoms with Crippen LogP contribution in [0.15, 0.2) is 30.3 Å². The first-order chi connectivity index (χ1) is 7.63. The van der Waals surface area contributed by atoms with Crippen LogP contribution in [0.2, 0.25) is 0 Å². The van der Waals surface area contributed by atoms with Gasteiger partial charge < -0.3 is 15.2 Å². The van der Waals surface area contributed by atoms with Crippen molar-refractivity contribution in [3.05, 3.63) is 35.9 Å². The van der Waals surface area contributed by atoms with Gasteiger partial charge in [0.05, 0.1) is 6.04 Å². The van der Waals surface area contributed by atoms with Gasteiger partial charge in [0.25, 0.3) is 0 Å². The van der Waals surface area contributed by atoms with Crippen molar-refractivity contribution in [2.75, 3.05) is 0 Å². The van der Waals surface area contributed by atoms with E-state index in [1.165, 1.54) is 0 Å². The summed E-state index contributed by atoms with van der Waals surface area (Å²) in [6, 6.07) is 8.21. The van der Waals surface area contributed by atoms with Crippen LogP contribution in [0.4, 0.5) is 0 Å². The summed E-state index contributed by atoms with van der Waals surface area (Å²) in [4.78, 5) is 31.8. The Balaban J connectivity index is 2.60. The van der Waals surface area contributed by atoms with Gasteiger partial charge in [0.1, 0.15) is 6.29 Å². The lowest BCUT2D eigenvalue weighted by Crippen LogP contribution is -2.41. The zero-order valence-corrected chi connectivity index (χ0v) is 8.42. The van der Waals surface area contributed by atoms with Crippen molar-refractivity contribution in [2.24, 2.45) is 0 Å². The smallest absolute Gasteiger partial charge is 0.394 e. The van der Waals surface area contributed by atoms with E-state index in [0.29, 0.717) is 6.29 Å². The van der Waals surface area contributed by atoms with Crippen molar-refractivity contribution >= 4 is 18.2 Å². The van der Waals surface area contributed by atoms with Gasteiger partial charge in [-0.05, 0) is 12.0 Å². The topological polar surface area (TPSA) is 83.5 Å². The van der Waals surface area contributed by atoms with Crippen LogP contribution >= 0.6 is 0 Å². The quantitative estimate of drug-likeness (QED) is 0.553. The molecule has 0 bridgehead atoms. The average Bonchev–Trinajstić information content (AvgIpc) is 2.29. The Hall–Kier alpha value is -2.17. The van der Waals surface area contributed by atoms with Gasteiger partial charge in [0, 0.05) is 0 Å². The summed E-state index contributed by atoms with van der Waals surface area (Å²) in [5.74, 6) is -2.77. The van der Waals surface area contributed by atoms with Crippen LogP contribution < -0.4 is 5.32 Å². The Kier molecular flexibility index (Phi) is 4.20. The van der Waals surface area contributed by atoms with Crippen molar-refractivity contribution < 1.29 is 19.5 Å². The predicted molar refractivity (Wildman–Crippen MR) is 55.8 cm³/mol. The summed E-state index contributed by atoms with van der Waals surface area (Å²) in [6.07, 6.45) is 0.803. The Bertz CT molecular complexity index is 388. The molecule has 0 saturated heterocycles. The molecule has 1 atom stereocenters. The van der Waals surface area contributed by atoms with Gasteiger partial charge in [-0.15, -0.1) is 0 Å². The Morgan fingerprint density at radius 3 is 2.44 bits per heavy atom. The van der Waals surface area contributed by atoms with E-state index in [4.69, 9.17) is 5.11 Å². The molecule has 0 fully saturated rings. The normalized spacial score (nSPS) is 11.5. The Labute approximate surface area is 92.1 Å². The average molecular weight is 221 g/mol. The highest BCUT2D eigenvalue weighted by Gasteiger charge is 2.16. The number of carboxylic acid groups (broad SMARTS) is 1. The summed E-state index contributed by atoms with van der Waals surface area (Å²) in [5, 5.41) is 10.5. The minimum Gasteiger partial charge on any atom is -0.474 e. The maximum Gasteiger partial charge on any atom is 0.394 e. The van der Waals surface area contributed by atoms with Crippen LogP contribution in [0, 0.1) is 0 Å². The van der Waals surface area contributed by atoms with Gasteiger partial charge in [-0.25, -0.2) is 4.79 Å². The third-order valence-electron chi connectivity index (χ3n) is 1.97. The molecule has 5 heteroatoms. The first kappa shape index (κ1) is 11.9. The minimum absolute atomic E-state index is 0.281. The van der Waals surface area contributed by atoms with Crippen LogP contribution in [0.25, 0.3) is 0 Å². The molecule has 0 saturated carbocycles. The first-order valence-corrected chi connectivity index (χ1v) is 4.66. The molecular formula is C11H11NO4. The molecule has 1 amide bonds.